The van der Waals surface area contributed by atoms with E-state index in [9.17, 15) is 0 Å². The molecule has 0 bridgehead atoms. The maximum Gasteiger partial charge on any atom is 0.248 e. The number of rotatable bonds is 4. The molecule has 0 aliphatic heterocycles. The Labute approximate surface area is 118 Å². The molecule has 7 heteroatoms. The lowest BCUT2D eigenvalue weighted by Gasteiger charge is -2.08. The van der Waals surface area contributed by atoms with Crippen LogP contribution in [0.4, 0.5) is 0 Å². The summed E-state index contributed by atoms with van der Waals surface area (Å²) >= 11 is 0. The van der Waals surface area contributed by atoms with E-state index in [0.29, 0.717) is 24.3 Å². The molecule has 1 aliphatic carbocycles. The third-order valence-electron chi connectivity index (χ3n) is 2.20. The molecular formula is C10H18IN5O. The van der Waals surface area contributed by atoms with Crippen LogP contribution < -0.4 is 10.6 Å². The Bertz CT molecular complexity index is 375. The molecule has 2 rings (SSSR count). The standard InChI is InChI=1S/C10H17N5O.HI/c1-3-11-10(14-8-4-5-8)12-6-9-13-7(2)15-16-9;/h8H,3-6H2,1-2H3,(H2,11,12,14);1H. The number of aryl methyl sites for hydroxylation is 1. The van der Waals surface area contributed by atoms with Crippen LogP contribution in [0.5, 0.6) is 0 Å². The number of guanidine groups is 1. The van der Waals surface area contributed by atoms with E-state index in [0.717, 1.165) is 12.5 Å². The Morgan fingerprint density at radius 1 is 1.53 bits per heavy atom. The lowest BCUT2D eigenvalue weighted by molar-refractivity contribution is 0.376. The lowest BCUT2D eigenvalue weighted by atomic mass is 10.6. The van der Waals surface area contributed by atoms with Gasteiger partial charge in [-0.25, -0.2) is 4.99 Å². The first-order chi connectivity index (χ1) is 7.78. The number of hydrogen-bond donors (Lipinski definition) is 2. The van der Waals surface area contributed by atoms with Gasteiger partial charge in [0.2, 0.25) is 5.89 Å². The highest BCUT2D eigenvalue weighted by atomic mass is 127. The van der Waals surface area contributed by atoms with Crippen molar-refractivity contribution in [1.29, 1.82) is 0 Å². The molecule has 1 aromatic heterocycles. The molecular weight excluding hydrogens is 333 g/mol. The summed E-state index contributed by atoms with van der Waals surface area (Å²) in [6.07, 6.45) is 2.45. The molecule has 17 heavy (non-hydrogen) atoms. The second-order valence-corrected chi connectivity index (χ2v) is 3.85. The monoisotopic (exact) mass is 351 g/mol. The third kappa shape index (κ3) is 4.88. The van der Waals surface area contributed by atoms with Gasteiger partial charge in [-0.3, -0.25) is 0 Å². The maximum absolute atomic E-state index is 4.99. The van der Waals surface area contributed by atoms with Crippen molar-refractivity contribution in [3.05, 3.63) is 11.7 Å². The van der Waals surface area contributed by atoms with Crippen LogP contribution in [0.15, 0.2) is 9.52 Å². The number of hydrogen-bond acceptors (Lipinski definition) is 4. The Hall–Kier alpha value is -0.860. The molecule has 0 saturated heterocycles. The van der Waals surface area contributed by atoms with Gasteiger partial charge in [-0.05, 0) is 26.7 Å². The van der Waals surface area contributed by atoms with Crippen molar-refractivity contribution in [3.63, 3.8) is 0 Å². The van der Waals surface area contributed by atoms with Crippen molar-refractivity contribution in [3.8, 4) is 0 Å². The van der Waals surface area contributed by atoms with Crippen LogP contribution in [0.1, 0.15) is 31.5 Å². The summed E-state index contributed by atoms with van der Waals surface area (Å²) in [7, 11) is 0. The average molecular weight is 351 g/mol. The molecule has 2 N–H and O–H groups in total. The molecule has 1 heterocycles. The van der Waals surface area contributed by atoms with Gasteiger partial charge in [0.15, 0.2) is 11.8 Å². The van der Waals surface area contributed by atoms with E-state index in [1.807, 2.05) is 6.92 Å². The van der Waals surface area contributed by atoms with E-state index >= 15 is 0 Å². The number of nitrogens with one attached hydrogen (secondary N) is 2. The molecule has 96 valence electrons. The quantitative estimate of drug-likeness (QED) is 0.485. The van der Waals surface area contributed by atoms with Gasteiger partial charge in [0.05, 0.1) is 0 Å². The zero-order valence-electron chi connectivity index (χ0n) is 10.1. The first kappa shape index (κ1) is 14.2. The molecule has 0 aromatic carbocycles. The SMILES string of the molecule is CCNC(=NCc1nc(C)no1)NC1CC1.I. The minimum Gasteiger partial charge on any atom is -0.357 e. The minimum absolute atomic E-state index is 0. The molecule has 1 fully saturated rings. The lowest BCUT2D eigenvalue weighted by Crippen LogP contribution is -2.38. The third-order valence-corrected chi connectivity index (χ3v) is 2.20. The molecule has 0 radical (unpaired) electrons. The van der Waals surface area contributed by atoms with Crippen LogP contribution in [0, 0.1) is 6.92 Å². The maximum atomic E-state index is 4.99. The van der Waals surface area contributed by atoms with E-state index in [-0.39, 0.29) is 24.0 Å². The summed E-state index contributed by atoms with van der Waals surface area (Å²) < 4.78 is 4.99. The van der Waals surface area contributed by atoms with Crippen LogP contribution in [0.25, 0.3) is 0 Å². The molecule has 0 atom stereocenters. The summed E-state index contributed by atoms with van der Waals surface area (Å²) in [5.41, 5.74) is 0. The smallest absolute Gasteiger partial charge is 0.248 e. The second-order valence-electron chi connectivity index (χ2n) is 3.85. The molecule has 1 saturated carbocycles. The van der Waals surface area contributed by atoms with Crippen molar-refractivity contribution in [2.45, 2.75) is 39.3 Å². The van der Waals surface area contributed by atoms with Crippen molar-refractivity contribution in [2.24, 2.45) is 4.99 Å². The highest BCUT2D eigenvalue weighted by molar-refractivity contribution is 14.0. The Balaban J connectivity index is 0.00000144. The van der Waals surface area contributed by atoms with E-state index in [1.165, 1.54) is 12.8 Å². The fourth-order valence-electron chi connectivity index (χ4n) is 1.29. The average Bonchev–Trinajstić information content (AvgIpc) is 2.97. The van der Waals surface area contributed by atoms with Gasteiger partial charge in [-0.15, -0.1) is 24.0 Å². The van der Waals surface area contributed by atoms with Crippen molar-refractivity contribution in [1.82, 2.24) is 20.8 Å². The Morgan fingerprint density at radius 3 is 2.82 bits per heavy atom. The minimum atomic E-state index is 0. The molecule has 1 aliphatic rings. The van der Waals surface area contributed by atoms with Gasteiger partial charge in [0.1, 0.15) is 6.54 Å². The molecule has 0 spiro atoms. The first-order valence-electron chi connectivity index (χ1n) is 5.62. The molecule has 0 unspecified atom stereocenters. The normalized spacial score (nSPS) is 15.3. The highest BCUT2D eigenvalue weighted by Gasteiger charge is 2.22. The van der Waals surface area contributed by atoms with Gasteiger partial charge >= 0.3 is 0 Å². The second kappa shape index (κ2) is 6.77. The number of nitrogens with zero attached hydrogens (tertiary/aromatic N) is 3. The number of halogens is 1. The topological polar surface area (TPSA) is 75.3 Å². The van der Waals surface area contributed by atoms with Gasteiger partial charge in [-0.1, -0.05) is 5.16 Å². The van der Waals surface area contributed by atoms with Crippen molar-refractivity contribution >= 4 is 29.9 Å². The van der Waals surface area contributed by atoms with Crippen molar-refractivity contribution in [2.75, 3.05) is 6.54 Å². The Morgan fingerprint density at radius 2 is 2.29 bits per heavy atom. The van der Waals surface area contributed by atoms with Gasteiger partial charge < -0.3 is 15.2 Å². The van der Waals surface area contributed by atoms with Crippen LogP contribution >= 0.6 is 24.0 Å². The van der Waals surface area contributed by atoms with Crippen LogP contribution in [-0.2, 0) is 6.54 Å². The van der Waals surface area contributed by atoms with Crippen LogP contribution in [0.2, 0.25) is 0 Å². The summed E-state index contributed by atoms with van der Waals surface area (Å²) in [6.45, 7) is 5.11. The fourth-order valence-corrected chi connectivity index (χ4v) is 1.29. The molecule has 6 nitrogen and oxygen atoms in total. The van der Waals surface area contributed by atoms with Gasteiger partial charge in [-0.2, -0.15) is 4.98 Å². The fraction of sp³-hybridized carbons (Fsp3) is 0.700. The zero-order chi connectivity index (χ0) is 11.4. The van der Waals surface area contributed by atoms with Crippen LogP contribution in [0.3, 0.4) is 0 Å². The Kier molecular flexibility index (Phi) is 5.66. The first-order valence-corrected chi connectivity index (χ1v) is 5.62. The number of aliphatic imine (C=N–C) groups is 1. The van der Waals surface area contributed by atoms with E-state index in [1.54, 1.807) is 6.92 Å². The van der Waals surface area contributed by atoms with Gasteiger partial charge in [0, 0.05) is 12.6 Å². The molecule has 1 aromatic rings. The summed E-state index contributed by atoms with van der Waals surface area (Å²) in [6, 6.07) is 0.585. The summed E-state index contributed by atoms with van der Waals surface area (Å²) in [4.78, 5) is 8.47. The molecule has 0 amide bonds. The van der Waals surface area contributed by atoms with E-state index in [2.05, 4.69) is 25.8 Å². The summed E-state index contributed by atoms with van der Waals surface area (Å²) in [5.74, 6) is 2.01. The van der Waals surface area contributed by atoms with Crippen LogP contribution in [-0.4, -0.2) is 28.7 Å². The number of aromatic nitrogens is 2. The van der Waals surface area contributed by atoms with E-state index < -0.39 is 0 Å². The van der Waals surface area contributed by atoms with E-state index in [4.69, 9.17) is 4.52 Å². The summed E-state index contributed by atoms with van der Waals surface area (Å²) in [5, 5.41) is 10.2. The predicted octanol–water partition coefficient (Wildman–Crippen LogP) is 1.21. The zero-order valence-corrected chi connectivity index (χ0v) is 12.4. The highest BCUT2D eigenvalue weighted by Crippen LogP contribution is 2.18. The van der Waals surface area contributed by atoms with Gasteiger partial charge in [0.25, 0.3) is 0 Å². The predicted molar refractivity (Wildman–Crippen MR) is 75.4 cm³/mol. The largest absolute Gasteiger partial charge is 0.357 e. The van der Waals surface area contributed by atoms with Crippen molar-refractivity contribution < 1.29 is 4.52 Å².